The summed E-state index contributed by atoms with van der Waals surface area (Å²) in [6.45, 7) is 3.07. The van der Waals surface area contributed by atoms with Crippen molar-refractivity contribution in [3.05, 3.63) is 53.6 Å². The van der Waals surface area contributed by atoms with Gasteiger partial charge in [0.2, 0.25) is 0 Å². The third kappa shape index (κ3) is 1.74. The lowest BCUT2D eigenvalue weighted by atomic mass is 10.1. The summed E-state index contributed by atoms with van der Waals surface area (Å²) in [6.07, 6.45) is 5.68. The van der Waals surface area contributed by atoms with Crippen LogP contribution >= 0.6 is 0 Å². The van der Waals surface area contributed by atoms with Gasteiger partial charge in [0.1, 0.15) is 0 Å². The molecule has 0 unspecified atom stereocenters. The summed E-state index contributed by atoms with van der Waals surface area (Å²) in [5.41, 5.74) is 4.30. The molecule has 0 spiro atoms. The Bertz CT molecular complexity index is 488. The highest BCUT2D eigenvalue weighted by Crippen LogP contribution is 2.22. The standard InChI is InChI=1S/C13H15N3/c1-15-8-12-3-2-11(6-13(12)9-15)7-16-5-4-14-10-16/h2-6,10H,7-9H2,1H3. The van der Waals surface area contributed by atoms with Crippen LogP contribution in [-0.4, -0.2) is 21.5 Å². The molecule has 1 aliphatic rings. The predicted molar refractivity (Wildman–Crippen MR) is 62.9 cm³/mol. The third-order valence-corrected chi connectivity index (χ3v) is 3.08. The van der Waals surface area contributed by atoms with Crippen LogP contribution in [0.15, 0.2) is 36.9 Å². The van der Waals surface area contributed by atoms with Gasteiger partial charge >= 0.3 is 0 Å². The molecule has 16 heavy (non-hydrogen) atoms. The molecule has 0 atom stereocenters. The van der Waals surface area contributed by atoms with Crippen LogP contribution in [-0.2, 0) is 19.6 Å². The number of hydrogen-bond donors (Lipinski definition) is 0. The van der Waals surface area contributed by atoms with Crippen LogP contribution in [0.4, 0.5) is 0 Å². The monoisotopic (exact) mass is 213 g/mol. The van der Waals surface area contributed by atoms with Gasteiger partial charge in [-0.05, 0) is 23.7 Å². The van der Waals surface area contributed by atoms with E-state index >= 15 is 0 Å². The number of rotatable bonds is 2. The summed E-state index contributed by atoms with van der Waals surface area (Å²) in [7, 11) is 2.16. The fourth-order valence-corrected chi connectivity index (χ4v) is 2.31. The van der Waals surface area contributed by atoms with E-state index in [1.807, 2.05) is 18.7 Å². The van der Waals surface area contributed by atoms with E-state index in [-0.39, 0.29) is 0 Å². The van der Waals surface area contributed by atoms with E-state index in [1.165, 1.54) is 16.7 Å². The van der Waals surface area contributed by atoms with Gasteiger partial charge in [0.05, 0.1) is 6.33 Å². The second-order valence-corrected chi connectivity index (χ2v) is 4.51. The summed E-state index contributed by atoms with van der Waals surface area (Å²) in [6, 6.07) is 6.79. The number of nitrogens with zero attached hydrogens (tertiary/aromatic N) is 3. The summed E-state index contributed by atoms with van der Waals surface area (Å²) < 4.78 is 2.10. The lowest BCUT2D eigenvalue weighted by molar-refractivity contribution is 0.353. The normalized spacial score (nSPS) is 15.3. The molecule has 0 fully saturated rings. The van der Waals surface area contributed by atoms with Gasteiger partial charge in [-0.25, -0.2) is 4.98 Å². The summed E-state index contributed by atoms with van der Waals surface area (Å²) in [5, 5.41) is 0. The summed E-state index contributed by atoms with van der Waals surface area (Å²) in [5.74, 6) is 0. The van der Waals surface area contributed by atoms with Crippen molar-refractivity contribution in [1.82, 2.24) is 14.5 Å². The van der Waals surface area contributed by atoms with Crippen LogP contribution in [0.5, 0.6) is 0 Å². The molecular formula is C13H15N3. The van der Waals surface area contributed by atoms with Gasteiger partial charge in [0, 0.05) is 32.0 Å². The molecule has 3 rings (SSSR count). The molecule has 0 N–H and O–H groups in total. The predicted octanol–water partition coefficient (Wildman–Crippen LogP) is 1.88. The highest BCUT2D eigenvalue weighted by atomic mass is 15.1. The zero-order valence-corrected chi connectivity index (χ0v) is 9.43. The Balaban J connectivity index is 1.85. The summed E-state index contributed by atoms with van der Waals surface area (Å²) in [4.78, 5) is 6.40. The van der Waals surface area contributed by atoms with Crippen molar-refractivity contribution in [1.29, 1.82) is 0 Å². The molecular weight excluding hydrogens is 198 g/mol. The van der Waals surface area contributed by atoms with Crippen LogP contribution in [0, 0.1) is 0 Å². The SMILES string of the molecule is CN1Cc2ccc(Cn3ccnc3)cc2C1. The molecule has 1 aromatic heterocycles. The second-order valence-electron chi connectivity index (χ2n) is 4.51. The lowest BCUT2D eigenvalue weighted by Crippen LogP contribution is -2.07. The largest absolute Gasteiger partial charge is 0.333 e. The van der Waals surface area contributed by atoms with Crippen LogP contribution in [0.3, 0.4) is 0 Å². The minimum Gasteiger partial charge on any atom is -0.333 e. The number of aromatic nitrogens is 2. The molecule has 0 aliphatic carbocycles. The Morgan fingerprint density at radius 3 is 2.94 bits per heavy atom. The van der Waals surface area contributed by atoms with E-state index < -0.39 is 0 Å². The van der Waals surface area contributed by atoms with E-state index in [4.69, 9.17) is 0 Å². The van der Waals surface area contributed by atoms with Crippen LogP contribution in [0.1, 0.15) is 16.7 Å². The minimum atomic E-state index is 0.914. The van der Waals surface area contributed by atoms with E-state index in [0.717, 1.165) is 19.6 Å². The second kappa shape index (κ2) is 3.76. The van der Waals surface area contributed by atoms with E-state index in [2.05, 4.69) is 39.7 Å². The molecule has 3 nitrogen and oxygen atoms in total. The van der Waals surface area contributed by atoms with Crippen molar-refractivity contribution in [2.24, 2.45) is 0 Å². The molecule has 82 valence electrons. The molecule has 3 heteroatoms. The first-order valence-electron chi connectivity index (χ1n) is 5.56. The fraction of sp³-hybridized carbons (Fsp3) is 0.308. The highest BCUT2D eigenvalue weighted by molar-refractivity contribution is 5.34. The van der Waals surface area contributed by atoms with E-state index in [0.29, 0.717) is 0 Å². The zero-order chi connectivity index (χ0) is 11.0. The Kier molecular flexibility index (Phi) is 2.26. The van der Waals surface area contributed by atoms with Gasteiger partial charge in [-0.1, -0.05) is 18.2 Å². The summed E-state index contributed by atoms with van der Waals surface area (Å²) >= 11 is 0. The fourth-order valence-electron chi connectivity index (χ4n) is 2.31. The molecule has 0 amide bonds. The van der Waals surface area contributed by atoms with Crippen molar-refractivity contribution in [3.63, 3.8) is 0 Å². The molecule has 1 aliphatic heterocycles. The number of benzene rings is 1. The van der Waals surface area contributed by atoms with Crippen LogP contribution < -0.4 is 0 Å². The van der Waals surface area contributed by atoms with Crippen LogP contribution in [0.25, 0.3) is 0 Å². The molecule has 1 aromatic carbocycles. The van der Waals surface area contributed by atoms with Crippen molar-refractivity contribution < 1.29 is 0 Å². The topological polar surface area (TPSA) is 21.1 Å². The first-order valence-corrected chi connectivity index (χ1v) is 5.56. The van der Waals surface area contributed by atoms with Gasteiger partial charge in [-0.3, -0.25) is 4.90 Å². The van der Waals surface area contributed by atoms with Gasteiger partial charge < -0.3 is 4.57 Å². The number of fused-ring (bicyclic) bond motifs is 1. The first kappa shape index (κ1) is 9.60. The minimum absolute atomic E-state index is 0.914. The third-order valence-electron chi connectivity index (χ3n) is 3.08. The van der Waals surface area contributed by atoms with Crippen LogP contribution in [0.2, 0.25) is 0 Å². The van der Waals surface area contributed by atoms with E-state index in [1.54, 1.807) is 0 Å². The Hall–Kier alpha value is -1.61. The molecule has 0 saturated heterocycles. The first-order chi connectivity index (χ1) is 7.81. The maximum atomic E-state index is 4.06. The van der Waals surface area contributed by atoms with Gasteiger partial charge in [-0.2, -0.15) is 0 Å². The molecule has 2 heterocycles. The van der Waals surface area contributed by atoms with E-state index in [9.17, 15) is 0 Å². The van der Waals surface area contributed by atoms with Gasteiger partial charge in [-0.15, -0.1) is 0 Å². The zero-order valence-electron chi connectivity index (χ0n) is 9.43. The smallest absolute Gasteiger partial charge is 0.0949 e. The van der Waals surface area contributed by atoms with Crippen molar-refractivity contribution >= 4 is 0 Å². The van der Waals surface area contributed by atoms with Crippen molar-refractivity contribution in [2.45, 2.75) is 19.6 Å². The molecule has 0 radical (unpaired) electrons. The lowest BCUT2D eigenvalue weighted by Gasteiger charge is -2.05. The maximum Gasteiger partial charge on any atom is 0.0949 e. The van der Waals surface area contributed by atoms with Gasteiger partial charge in [0.15, 0.2) is 0 Å². The average molecular weight is 213 g/mol. The highest BCUT2D eigenvalue weighted by Gasteiger charge is 2.15. The Morgan fingerprint density at radius 2 is 2.12 bits per heavy atom. The Labute approximate surface area is 95.3 Å². The molecule has 0 saturated carbocycles. The van der Waals surface area contributed by atoms with Gasteiger partial charge in [0.25, 0.3) is 0 Å². The van der Waals surface area contributed by atoms with Crippen molar-refractivity contribution in [3.8, 4) is 0 Å². The average Bonchev–Trinajstić information content (AvgIpc) is 2.85. The number of hydrogen-bond acceptors (Lipinski definition) is 2. The molecule has 0 bridgehead atoms. The quantitative estimate of drug-likeness (QED) is 0.759. The number of imidazole rings is 1. The maximum absolute atomic E-state index is 4.06. The van der Waals surface area contributed by atoms with Crippen molar-refractivity contribution in [2.75, 3.05) is 7.05 Å². The molecule has 2 aromatic rings. The Morgan fingerprint density at radius 1 is 1.25 bits per heavy atom.